The molecule has 0 bridgehead atoms. The molecule has 28 heavy (non-hydrogen) atoms. The normalized spacial score (nSPS) is 10.3. The Labute approximate surface area is 162 Å². The van der Waals surface area contributed by atoms with Crippen LogP contribution in [-0.2, 0) is 0 Å². The number of aromatic nitrogens is 2. The van der Waals surface area contributed by atoms with Crippen LogP contribution in [0.5, 0.6) is 11.8 Å². The number of amides is 1. The summed E-state index contributed by atoms with van der Waals surface area (Å²) in [5, 5.41) is 2.79. The van der Waals surface area contributed by atoms with Gasteiger partial charge in [0.1, 0.15) is 5.75 Å². The number of ether oxygens (including phenoxy) is 1. The summed E-state index contributed by atoms with van der Waals surface area (Å²) in [6, 6.07) is 27.0. The van der Waals surface area contributed by atoms with Crippen LogP contribution in [-0.4, -0.2) is 15.9 Å². The Morgan fingerprint density at radius 3 is 1.93 bits per heavy atom. The van der Waals surface area contributed by atoms with Crippen LogP contribution in [0.1, 0.15) is 10.4 Å². The Hall–Kier alpha value is -3.99. The van der Waals surface area contributed by atoms with Gasteiger partial charge < -0.3 is 10.1 Å². The predicted octanol–water partition coefficient (Wildman–Crippen LogP) is 5.19. The molecule has 1 aromatic heterocycles. The topological polar surface area (TPSA) is 64.1 Å². The zero-order valence-corrected chi connectivity index (χ0v) is 14.9. The standard InChI is InChI=1S/C23H17N3O2/c27-22(19-13-11-18(12-14-19)17-7-3-1-4-8-17)26-20-15-24-23(25-16-20)28-21-9-5-2-6-10-21/h1-16H,(H,26,27). The van der Waals surface area contributed by atoms with Gasteiger partial charge in [-0.3, -0.25) is 4.79 Å². The highest BCUT2D eigenvalue weighted by Gasteiger charge is 2.08. The molecule has 1 heterocycles. The molecule has 5 heteroatoms. The molecule has 5 nitrogen and oxygen atoms in total. The highest BCUT2D eigenvalue weighted by atomic mass is 16.5. The van der Waals surface area contributed by atoms with Crippen LogP contribution in [0.15, 0.2) is 97.3 Å². The lowest BCUT2D eigenvalue weighted by Gasteiger charge is -2.07. The first-order valence-corrected chi connectivity index (χ1v) is 8.80. The van der Waals surface area contributed by atoms with Gasteiger partial charge in [-0.05, 0) is 35.4 Å². The van der Waals surface area contributed by atoms with Crippen molar-refractivity contribution in [2.24, 2.45) is 0 Å². The first kappa shape index (κ1) is 17.4. The van der Waals surface area contributed by atoms with Gasteiger partial charge in [-0.2, -0.15) is 0 Å². The maximum Gasteiger partial charge on any atom is 0.322 e. The first-order valence-electron chi connectivity index (χ1n) is 8.80. The Balaban J connectivity index is 1.40. The highest BCUT2D eigenvalue weighted by Crippen LogP contribution is 2.20. The fourth-order valence-corrected chi connectivity index (χ4v) is 2.68. The monoisotopic (exact) mass is 367 g/mol. The van der Waals surface area contributed by atoms with E-state index in [1.807, 2.05) is 72.8 Å². The van der Waals surface area contributed by atoms with E-state index in [1.165, 1.54) is 12.4 Å². The quantitative estimate of drug-likeness (QED) is 0.527. The van der Waals surface area contributed by atoms with Crippen LogP contribution in [0.25, 0.3) is 11.1 Å². The van der Waals surface area contributed by atoms with E-state index >= 15 is 0 Å². The van der Waals surface area contributed by atoms with Gasteiger partial charge in [-0.25, -0.2) is 9.97 Å². The summed E-state index contributed by atoms with van der Waals surface area (Å²) in [6.45, 7) is 0. The number of benzene rings is 3. The van der Waals surface area contributed by atoms with Gasteiger partial charge >= 0.3 is 6.01 Å². The minimum atomic E-state index is -0.222. The third kappa shape index (κ3) is 4.22. The Morgan fingerprint density at radius 2 is 1.29 bits per heavy atom. The lowest BCUT2D eigenvalue weighted by atomic mass is 10.0. The number of nitrogens with zero attached hydrogens (tertiary/aromatic N) is 2. The van der Waals surface area contributed by atoms with Crippen LogP contribution in [0.2, 0.25) is 0 Å². The summed E-state index contributed by atoms with van der Waals surface area (Å²) in [7, 11) is 0. The Morgan fingerprint density at radius 1 is 0.714 bits per heavy atom. The Bertz CT molecular complexity index is 1050. The molecule has 1 amide bonds. The van der Waals surface area contributed by atoms with Crippen LogP contribution in [0.3, 0.4) is 0 Å². The molecular weight excluding hydrogens is 350 g/mol. The zero-order chi connectivity index (χ0) is 19.2. The van der Waals surface area contributed by atoms with E-state index in [4.69, 9.17) is 4.74 Å². The summed E-state index contributed by atoms with van der Waals surface area (Å²) in [6.07, 6.45) is 3.03. The molecule has 0 fully saturated rings. The number of nitrogens with one attached hydrogen (secondary N) is 1. The fraction of sp³-hybridized carbons (Fsp3) is 0. The molecule has 0 spiro atoms. The van der Waals surface area contributed by atoms with Gasteiger partial charge in [-0.1, -0.05) is 60.7 Å². The number of carbonyl (C=O) groups excluding carboxylic acids is 1. The molecule has 0 saturated heterocycles. The molecule has 1 N–H and O–H groups in total. The van der Waals surface area contributed by atoms with Crippen molar-refractivity contribution in [1.29, 1.82) is 0 Å². The molecular formula is C23H17N3O2. The molecule has 0 aliphatic rings. The molecule has 0 radical (unpaired) electrons. The van der Waals surface area contributed by atoms with Crippen molar-refractivity contribution in [2.75, 3.05) is 5.32 Å². The van der Waals surface area contributed by atoms with Gasteiger partial charge in [0.15, 0.2) is 0 Å². The number of hydrogen-bond acceptors (Lipinski definition) is 4. The van der Waals surface area contributed by atoms with Crippen molar-refractivity contribution >= 4 is 11.6 Å². The lowest BCUT2D eigenvalue weighted by molar-refractivity contribution is 0.102. The molecule has 0 atom stereocenters. The van der Waals surface area contributed by atoms with Gasteiger partial charge in [0, 0.05) is 5.56 Å². The van der Waals surface area contributed by atoms with Gasteiger partial charge in [0.25, 0.3) is 5.91 Å². The van der Waals surface area contributed by atoms with E-state index < -0.39 is 0 Å². The Kier molecular flexibility index (Phi) is 5.06. The van der Waals surface area contributed by atoms with E-state index in [9.17, 15) is 4.79 Å². The van der Waals surface area contributed by atoms with Crippen molar-refractivity contribution in [3.63, 3.8) is 0 Å². The van der Waals surface area contributed by atoms with Crippen LogP contribution in [0, 0.1) is 0 Å². The van der Waals surface area contributed by atoms with Gasteiger partial charge in [0.2, 0.25) is 0 Å². The van der Waals surface area contributed by atoms with Crippen molar-refractivity contribution in [3.05, 3.63) is 103 Å². The van der Waals surface area contributed by atoms with Crippen LogP contribution in [0.4, 0.5) is 5.69 Å². The summed E-state index contributed by atoms with van der Waals surface area (Å²) in [5.41, 5.74) is 3.22. The summed E-state index contributed by atoms with van der Waals surface area (Å²) < 4.78 is 5.54. The molecule has 0 aliphatic carbocycles. The minimum absolute atomic E-state index is 0.219. The van der Waals surface area contributed by atoms with E-state index in [0.717, 1.165) is 11.1 Å². The first-order chi connectivity index (χ1) is 13.8. The molecule has 4 rings (SSSR count). The summed E-state index contributed by atoms with van der Waals surface area (Å²) >= 11 is 0. The maximum atomic E-state index is 12.4. The molecule has 4 aromatic rings. The highest BCUT2D eigenvalue weighted by molar-refractivity contribution is 6.04. The fourth-order valence-electron chi connectivity index (χ4n) is 2.68. The van der Waals surface area contributed by atoms with Crippen molar-refractivity contribution < 1.29 is 9.53 Å². The predicted molar refractivity (Wildman–Crippen MR) is 108 cm³/mol. The smallest absolute Gasteiger partial charge is 0.322 e. The van der Waals surface area contributed by atoms with Crippen LogP contribution < -0.4 is 10.1 Å². The molecule has 136 valence electrons. The zero-order valence-electron chi connectivity index (χ0n) is 14.9. The molecule has 0 unspecified atom stereocenters. The summed E-state index contributed by atoms with van der Waals surface area (Å²) in [5.74, 6) is 0.428. The van der Waals surface area contributed by atoms with Crippen molar-refractivity contribution in [2.45, 2.75) is 0 Å². The second kappa shape index (κ2) is 8.14. The molecule has 0 aliphatic heterocycles. The van der Waals surface area contributed by atoms with Gasteiger partial charge in [0.05, 0.1) is 18.1 Å². The van der Waals surface area contributed by atoms with E-state index in [0.29, 0.717) is 17.0 Å². The average molecular weight is 367 g/mol. The minimum Gasteiger partial charge on any atom is -0.424 e. The number of hydrogen-bond donors (Lipinski definition) is 1. The average Bonchev–Trinajstić information content (AvgIpc) is 2.76. The van der Waals surface area contributed by atoms with E-state index in [2.05, 4.69) is 15.3 Å². The molecule has 3 aromatic carbocycles. The van der Waals surface area contributed by atoms with Crippen molar-refractivity contribution in [3.8, 4) is 22.9 Å². The van der Waals surface area contributed by atoms with Gasteiger partial charge in [-0.15, -0.1) is 0 Å². The second-order valence-electron chi connectivity index (χ2n) is 6.07. The van der Waals surface area contributed by atoms with E-state index in [1.54, 1.807) is 12.1 Å². The second-order valence-corrected chi connectivity index (χ2v) is 6.07. The maximum absolute atomic E-state index is 12.4. The number of rotatable bonds is 5. The SMILES string of the molecule is O=C(Nc1cnc(Oc2ccccc2)nc1)c1ccc(-c2ccccc2)cc1. The largest absolute Gasteiger partial charge is 0.424 e. The number of anilines is 1. The lowest BCUT2D eigenvalue weighted by Crippen LogP contribution is -2.12. The van der Waals surface area contributed by atoms with Crippen molar-refractivity contribution in [1.82, 2.24) is 9.97 Å². The molecule has 0 saturated carbocycles. The third-order valence-corrected chi connectivity index (χ3v) is 4.09. The number of para-hydroxylation sites is 1. The summed E-state index contributed by atoms with van der Waals surface area (Å²) in [4.78, 5) is 20.7. The van der Waals surface area contributed by atoms with E-state index in [-0.39, 0.29) is 11.9 Å². The van der Waals surface area contributed by atoms with Crippen LogP contribution >= 0.6 is 0 Å². The third-order valence-electron chi connectivity index (χ3n) is 4.09. The number of carbonyl (C=O) groups is 1.